The van der Waals surface area contributed by atoms with E-state index >= 15 is 0 Å². The summed E-state index contributed by atoms with van der Waals surface area (Å²) in [5.41, 5.74) is -2.16. The van der Waals surface area contributed by atoms with E-state index in [1.165, 1.54) is 4.90 Å². The van der Waals surface area contributed by atoms with Crippen LogP contribution < -0.4 is 0 Å². The van der Waals surface area contributed by atoms with Crippen molar-refractivity contribution in [2.45, 2.75) is 24.8 Å². The molecule has 6 nitrogen and oxygen atoms in total. The number of aromatic nitrogens is 1. The summed E-state index contributed by atoms with van der Waals surface area (Å²) in [4.78, 5) is 33.9. The average Bonchev–Trinajstić information content (AvgIpc) is 3.24. The zero-order valence-corrected chi connectivity index (χ0v) is 21.9. The second-order valence-corrected chi connectivity index (χ2v) is 9.59. The van der Waals surface area contributed by atoms with Gasteiger partial charge in [-0.2, -0.15) is 26.3 Å². The zero-order valence-electron chi connectivity index (χ0n) is 21.1. The molecule has 39 heavy (non-hydrogen) atoms. The van der Waals surface area contributed by atoms with Crippen molar-refractivity contribution in [1.82, 2.24) is 19.7 Å². The minimum Gasteiger partial charge on any atom is -0.361 e. The number of nitrogens with zero attached hydrogens (tertiary/aromatic N) is 3. The predicted octanol–water partition coefficient (Wildman–Crippen LogP) is 5.08. The van der Waals surface area contributed by atoms with E-state index in [2.05, 4.69) is 4.98 Å². The van der Waals surface area contributed by atoms with Crippen LogP contribution in [0.3, 0.4) is 0 Å². The molecular weight excluding hydrogens is 550 g/mol. The zero-order chi connectivity index (χ0) is 27.8. The summed E-state index contributed by atoms with van der Waals surface area (Å²) >= 11 is 0. The molecule has 1 saturated heterocycles. The molecule has 2 aromatic carbocycles. The quantitative estimate of drug-likeness (QED) is 0.431. The van der Waals surface area contributed by atoms with Gasteiger partial charge in [-0.25, -0.2) is 0 Å². The van der Waals surface area contributed by atoms with Crippen molar-refractivity contribution in [2.75, 3.05) is 40.3 Å². The van der Waals surface area contributed by atoms with E-state index in [0.717, 1.165) is 16.5 Å². The lowest BCUT2D eigenvalue weighted by Gasteiger charge is -2.42. The van der Waals surface area contributed by atoms with Gasteiger partial charge in [-0.3, -0.25) is 9.59 Å². The van der Waals surface area contributed by atoms with Crippen molar-refractivity contribution in [1.29, 1.82) is 0 Å². The van der Waals surface area contributed by atoms with E-state index in [9.17, 15) is 35.9 Å². The van der Waals surface area contributed by atoms with Gasteiger partial charge < -0.3 is 19.7 Å². The Labute approximate surface area is 227 Å². The van der Waals surface area contributed by atoms with Gasteiger partial charge in [-0.1, -0.05) is 18.2 Å². The minimum absolute atomic E-state index is 0. The molecular formula is C26H27ClF6N4O2. The average molecular weight is 577 g/mol. The van der Waals surface area contributed by atoms with Gasteiger partial charge in [0.2, 0.25) is 5.91 Å². The number of hydrogen-bond acceptors (Lipinski definition) is 3. The van der Waals surface area contributed by atoms with Crippen LogP contribution in [0.1, 0.15) is 27.0 Å². The van der Waals surface area contributed by atoms with Crippen LogP contribution in [0.25, 0.3) is 10.9 Å². The summed E-state index contributed by atoms with van der Waals surface area (Å²) in [5, 5.41) is 0.870. The Morgan fingerprint density at radius 2 is 1.59 bits per heavy atom. The number of alkyl halides is 6. The molecule has 2 heterocycles. The number of likely N-dealkylation sites (N-methyl/N-ethyl adjacent to an activating group) is 1. The number of halogens is 7. The second-order valence-electron chi connectivity index (χ2n) is 9.59. The van der Waals surface area contributed by atoms with E-state index in [0.29, 0.717) is 12.1 Å². The van der Waals surface area contributed by atoms with E-state index in [1.807, 2.05) is 24.3 Å². The molecule has 3 aromatic rings. The first-order chi connectivity index (χ1) is 17.7. The van der Waals surface area contributed by atoms with Crippen LogP contribution in [0.15, 0.2) is 48.7 Å². The Bertz CT molecular complexity index is 1310. The lowest BCUT2D eigenvalue weighted by atomic mass is 9.98. The highest BCUT2D eigenvalue weighted by Crippen LogP contribution is 2.37. The Morgan fingerprint density at radius 1 is 0.974 bits per heavy atom. The molecule has 0 spiro atoms. The summed E-state index contributed by atoms with van der Waals surface area (Å²) in [5.74, 6) is -1.14. The van der Waals surface area contributed by atoms with Crippen molar-refractivity contribution < 1.29 is 35.9 Å². The van der Waals surface area contributed by atoms with Crippen LogP contribution in [-0.2, 0) is 23.6 Å². The lowest BCUT2D eigenvalue weighted by molar-refractivity contribution is -0.143. The molecule has 0 aliphatic carbocycles. The van der Waals surface area contributed by atoms with Crippen LogP contribution in [0.2, 0.25) is 0 Å². The first-order valence-corrected chi connectivity index (χ1v) is 11.8. The van der Waals surface area contributed by atoms with Gasteiger partial charge in [0.05, 0.1) is 23.7 Å². The van der Waals surface area contributed by atoms with Crippen LogP contribution in [0.5, 0.6) is 0 Å². The largest absolute Gasteiger partial charge is 0.416 e. The molecule has 1 N–H and O–H groups in total. The predicted molar refractivity (Wildman–Crippen MR) is 136 cm³/mol. The molecule has 1 fully saturated rings. The van der Waals surface area contributed by atoms with Crippen molar-refractivity contribution in [3.05, 3.63) is 70.9 Å². The molecule has 0 bridgehead atoms. The molecule has 212 valence electrons. The third-order valence-corrected chi connectivity index (χ3v) is 6.51. The van der Waals surface area contributed by atoms with Crippen molar-refractivity contribution >= 4 is 35.1 Å². The number of hydrogen-bond donors (Lipinski definition) is 1. The van der Waals surface area contributed by atoms with Crippen LogP contribution in [-0.4, -0.2) is 77.8 Å². The first kappa shape index (κ1) is 30.3. The normalized spacial score (nSPS) is 16.5. The molecule has 1 aliphatic heterocycles. The molecule has 4 rings (SSSR count). The highest BCUT2D eigenvalue weighted by molar-refractivity contribution is 5.95. The number of para-hydroxylation sites is 1. The number of carbonyl (C=O) groups excluding carboxylic acids is 2. The fraction of sp³-hybridized carbons (Fsp3) is 0.385. The standard InChI is InChI=1S/C26H26F6N4O2.ClH/c1-34(2)15-23(37)35-7-8-36(20(14-35)11-17-13-33-22-6-4-3-5-21(17)22)24(38)16-9-18(25(27,28)29)12-19(10-16)26(30,31)32;/h3-6,9-10,12-13,20,33H,7-8,11,14-15H2,1-2H3;1H/t20-;/m1./s1. The number of nitrogens with one attached hydrogen (secondary N) is 1. The van der Waals surface area contributed by atoms with Crippen LogP contribution >= 0.6 is 12.4 Å². The minimum atomic E-state index is -5.07. The van der Waals surface area contributed by atoms with Gasteiger partial charge in [0.25, 0.3) is 5.91 Å². The summed E-state index contributed by atoms with van der Waals surface area (Å²) in [6, 6.07) is 7.62. The van der Waals surface area contributed by atoms with Gasteiger partial charge in [0.1, 0.15) is 0 Å². The summed E-state index contributed by atoms with van der Waals surface area (Å²) in [7, 11) is 3.46. The van der Waals surface area contributed by atoms with Crippen molar-refractivity contribution in [2.24, 2.45) is 0 Å². The SMILES string of the molecule is CN(C)CC(=O)N1CCN(C(=O)c2cc(C(F)(F)F)cc(C(F)(F)F)c2)[C@H](Cc2c[nH]c3ccccc23)C1.Cl. The molecule has 2 amide bonds. The molecule has 0 unspecified atom stereocenters. The van der Waals surface area contributed by atoms with Gasteiger partial charge >= 0.3 is 12.4 Å². The Kier molecular flexibility index (Phi) is 8.91. The summed E-state index contributed by atoms with van der Waals surface area (Å²) in [6.45, 7) is 0.274. The van der Waals surface area contributed by atoms with Gasteiger partial charge in [-0.15, -0.1) is 12.4 Å². The highest BCUT2D eigenvalue weighted by atomic mass is 35.5. The third-order valence-electron chi connectivity index (χ3n) is 6.51. The molecule has 1 aliphatic rings. The van der Waals surface area contributed by atoms with Crippen molar-refractivity contribution in [3.8, 4) is 0 Å². The van der Waals surface area contributed by atoms with Gasteiger partial charge in [0.15, 0.2) is 0 Å². The fourth-order valence-electron chi connectivity index (χ4n) is 4.69. The number of rotatable bonds is 5. The maximum absolute atomic E-state index is 13.5. The molecule has 1 aromatic heterocycles. The maximum atomic E-state index is 13.5. The second kappa shape index (κ2) is 11.5. The number of benzene rings is 2. The monoisotopic (exact) mass is 576 g/mol. The van der Waals surface area contributed by atoms with E-state index in [4.69, 9.17) is 0 Å². The molecule has 0 radical (unpaired) electrons. The topological polar surface area (TPSA) is 59.7 Å². The first-order valence-electron chi connectivity index (χ1n) is 11.8. The van der Waals surface area contributed by atoms with Crippen LogP contribution in [0.4, 0.5) is 26.3 Å². The number of fused-ring (bicyclic) bond motifs is 1. The number of aromatic amines is 1. The number of amides is 2. The van der Waals surface area contributed by atoms with E-state index in [1.54, 1.807) is 30.1 Å². The third kappa shape index (κ3) is 6.85. The number of piperazine rings is 1. The van der Waals surface area contributed by atoms with E-state index < -0.39 is 41.0 Å². The number of carbonyl (C=O) groups is 2. The molecule has 1 atom stereocenters. The Balaban J connectivity index is 0.00000420. The van der Waals surface area contributed by atoms with E-state index in [-0.39, 0.29) is 57.0 Å². The highest BCUT2D eigenvalue weighted by Gasteiger charge is 2.39. The molecule has 0 saturated carbocycles. The molecule has 13 heteroatoms. The smallest absolute Gasteiger partial charge is 0.361 e. The van der Waals surface area contributed by atoms with Gasteiger partial charge in [0, 0.05) is 42.3 Å². The fourth-order valence-corrected chi connectivity index (χ4v) is 4.69. The van der Waals surface area contributed by atoms with Crippen molar-refractivity contribution in [3.63, 3.8) is 0 Å². The Hall–Kier alpha value is -3.25. The lowest BCUT2D eigenvalue weighted by Crippen LogP contribution is -2.58. The Morgan fingerprint density at radius 3 is 2.18 bits per heavy atom. The van der Waals surface area contributed by atoms with Gasteiger partial charge in [-0.05, 0) is 50.3 Å². The summed E-state index contributed by atoms with van der Waals surface area (Å²) in [6.07, 6.45) is -8.15. The number of H-pyrrole nitrogens is 1. The van der Waals surface area contributed by atoms with Crippen LogP contribution in [0, 0.1) is 0 Å². The maximum Gasteiger partial charge on any atom is 0.416 e. The summed E-state index contributed by atoms with van der Waals surface area (Å²) < 4.78 is 80.5.